The molecule has 0 spiro atoms. The van der Waals surface area contributed by atoms with E-state index in [1.807, 2.05) is 48.5 Å². The van der Waals surface area contributed by atoms with Gasteiger partial charge in [0.05, 0.1) is 0 Å². The number of nitrogens with two attached hydrogens (primary N) is 1. The van der Waals surface area contributed by atoms with Crippen LogP contribution in [0.25, 0.3) is 0 Å². The lowest BCUT2D eigenvalue weighted by atomic mass is 10.2. The minimum atomic E-state index is 0. The maximum atomic E-state index is 7.01. The molecule has 0 atom stereocenters. The summed E-state index contributed by atoms with van der Waals surface area (Å²) in [7, 11) is 0. The third kappa shape index (κ3) is 5.78. The molecule has 3 nitrogen and oxygen atoms in total. The number of nitrogens with one attached hydrogen (secondary N) is 1. The van der Waals surface area contributed by atoms with Crippen LogP contribution in [0.3, 0.4) is 0 Å². The number of hydrogen-bond acceptors (Lipinski definition) is 2. The van der Waals surface area contributed by atoms with E-state index in [9.17, 15) is 0 Å². The van der Waals surface area contributed by atoms with E-state index < -0.39 is 0 Å². The highest BCUT2D eigenvalue weighted by Crippen LogP contribution is 1.94. The Balaban J connectivity index is 0.000000283. The number of nitrogen functional groups attached to an aromatic ring is 1. The van der Waals surface area contributed by atoms with Crippen molar-refractivity contribution in [3.63, 3.8) is 0 Å². The maximum absolute atomic E-state index is 7.01. The number of benzene rings is 1. The molecule has 84 valence electrons. The molecule has 0 amide bonds. The van der Waals surface area contributed by atoms with E-state index in [0.717, 1.165) is 5.56 Å². The van der Waals surface area contributed by atoms with E-state index in [4.69, 9.17) is 11.1 Å². The number of halogens is 1. The molecule has 1 aromatic heterocycles. The van der Waals surface area contributed by atoms with Gasteiger partial charge in [-0.1, -0.05) is 36.4 Å². The Morgan fingerprint density at radius 3 is 1.69 bits per heavy atom. The van der Waals surface area contributed by atoms with Crippen molar-refractivity contribution in [2.45, 2.75) is 0 Å². The third-order valence-electron chi connectivity index (χ3n) is 1.65. The van der Waals surface area contributed by atoms with Gasteiger partial charge >= 0.3 is 0 Å². The molecule has 2 aromatic rings. The number of aromatic nitrogens is 1. The maximum Gasteiger partial charge on any atom is 0.122 e. The van der Waals surface area contributed by atoms with E-state index in [2.05, 4.69) is 4.98 Å². The van der Waals surface area contributed by atoms with Gasteiger partial charge in [0.25, 0.3) is 0 Å². The van der Waals surface area contributed by atoms with Crippen molar-refractivity contribution < 1.29 is 0 Å². The van der Waals surface area contributed by atoms with E-state index >= 15 is 0 Å². The summed E-state index contributed by atoms with van der Waals surface area (Å²) in [6.07, 6.45) is 3.50. The van der Waals surface area contributed by atoms with Gasteiger partial charge in [0.1, 0.15) is 5.84 Å². The molecule has 1 heterocycles. The zero-order valence-corrected chi connectivity index (χ0v) is 9.52. The Hall–Kier alpha value is -1.87. The number of nitrogens with zero attached hydrogens (tertiary/aromatic N) is 1. The Bertz CT molecular complexity index is 363. The summed E-state index contributed by atoms with van der Waals surface area (Å²) in [6.45, 7) is 0. The predicted octanol–water partition coefficient (Wildman–Crippen LogP) is 2.47. The standard InChI is InChI=1S/C7H8N2.C5H5N.ClH/c8-7(9)6-4-2-1-3-5-6;1-2-4-6-5-3-1;/h1-5H,(H3,8,9);1-5H;1H. The fourth-order valence-electron chi connectivity index (χ4n) is 0.930. The largest absolute Gasteiger partial charge is 0.384 e. The predicted molar refractivity (Wildman–Crippen MR) is 68.9 cm³/mol. The summed E-state index contributed by atoms with van der Waals surface area (Å²) in [6, 6.07) is 14.9. The van der Waals surface area contributed by atoms with Crippen molar-refractivity contribution in [3.05, 3.63) is 66.5 Å². The molecular formula is C12H14ClN3. The topological polar surface area (TPSA) is 62.8 Å². The summed E-state index contributed by atoms with van der Waals surface area (Å²) in [5, 5.41) is 7.01. The quantitative estimate of drug-likeness (QED) is 0.589. The molecule has 0 aliphatic heterocycles. The summed E-state index contributed by atoms with van der Waals surface area (Å²) >= 11 is 0. The summed E-state index contributed by atoms with van der Waals surface area (Å²) in [5.74, 6) is 0.121. The molecule has 0 saturated heterocycles. The van der Waals surface area contributed by atoms with Gasteiger partial charge in [0.15, 0.2) is 0 Å². The highest BCUT2D eigenvalue weighted by Gasteiger charge is 1.89. The van der Waals surface area contributed by atoms with Crippen LogP contribution in [-0.2, 0) is 0 Å². The molecular weight excluding hydrogens is 222 g/mol. The first-order chi connectivity index (χ1) is 7.30. The molecule has 1 aromatic carbocycles. The van der Waals surface area contributed by atoms with Gasteiger partial charge in [0, 0.05) is 18.0 Å². The van der Waals surface area contributed by atoms with Crippen LogP contribution in [-0.4, -0.2) is 10.8 Å². The zero-order valence-electron chi connectivity index (χ0n) is 8.71. The van der Waals surface area contributed by atoms with Gasteiger partial charge in [0.2, 0.25) is 0 Å². The number of pyridine rings is 1. The Morgan fingerprint density at radius 2 is 1.44 bits per heavy atom. The highest BCUT2D eigenvalue weighted by atomic mass is 35.5. The molecule has 3 N–H and O–H groups in total. The van der Waals surface area contributed by atoms with Gasteiger partial charge in [-0.25, -0.2) is 0 Å². The summed E-state index contributed by atoms with van der Waals surface area (Å²) < 4.78 is 0. The lowest BCUT2D eigenvalue weighted by Gasteiger charge is -1.93. The second kappa shape index (κ2) is 8.44. The van der Waals surface area contributed by atoms with E-state index in [1.54, 1.807) is 12.4 Å². The normalized spacial score (nSPS) is 8.00. The number of hydrogen-bond donors (Lipinski definition) is 2. The van der Waals surface area contributed by atoms with Gasteiger partial charge in [-0.15, -0.1) is 12.4 Å². The van der Waals surface area contributed by atoms with Crippen LogP contribution in [0, 0.1) is 5.41 Å². The zero-order chi connectivity index (χ0) is 10.9. The molecule has 0 unspecified atom stereocenters. The number of rotatable bonds is 1. The minimum Gasteiger partial charge on any atom is -0.384 e. The molecule has 0 saturated carbocycles. The van der Waals surface area contributed by atoms with Crippen LogP contribution >= 0.6 is 12.4 Å². The average molecular weight is 236 g/mol. The van der Waals surface area contributed by atoms with Crippen molar-refractivity contribution in [1.29, 1.82) is 5.41 Å². The van der Waals surface area contributed by atoms with Gasteiger partial charge in [-0.2, -0.15) is 0 Å². The molecule has 0 bridgehead atoms. The smallest absolute Gasteiger partial charge is 0.122 e. The first-order valence-electron chi connectivity index (χ1n) is 4.55. The lowest BCUT2D eigenvalue weighted by Crippen LogP contribution is -2.10. The third-order valence-corrected chi connectivity index (χ3v) is 1.65. The van der Waals surface area contributed by atoms with Crippen molar-refractivity contribution in [1.82, 2.24) is 4.98 Å². The first kappa shape index (κ1) is 14.1. The highest BCUT2D eigenvalue weighted by molar-refractivity contribution is 5.94. The Kier molecular flexibility index (Phi) is 7.45. The van der Waals surface area contributed by atoms with Gasteiger partial charge in [-0.05, 0) is 12.1 Å². The fraction of sp³-hybridized carbons (Fsp3) is 0. The van der Waals surface area contributed by atoms with Crippen LogP contribution in [0.4, 0.5) is 0 Å². The minimum absolute atomic E-state index is 0. The van der Waals surface area contributed by atoms with E-state index in [0.29, 0.717) is 0 Å². The van der Waals surface area contributed by atoms with Crippen molar-refractivity contribution in [2.24, 2.45) is 5.73 Å². The Morgan fingerprint density at radius 1 is 0.938 bits per heavy atom. The molecule has 16 heavy (non-hydrogen) atoms. The molecule has 2 rings (SSSR count). The van der Waals surface area contributed by atoms with Crippen molar-refractivity contribution in [3.8, 4) is 0 Å². The van der Waals surface area contributed by atoms with Crippen LogP contribution in [0.2, 0.25) is 0 Å². The van der Waals surface area contributed by atoms with E-state index in [1.165, 1.54) is 0 Å². The number of amidine groups is 1. The fourth-order valence-corrected chi connectivity index (χ4v) is 0.930. The Labute approximate surface area is 101 Å². The summed E-state index contributed by atoms with van der Waals surface area (Å²) in [5.41, 5.74) is 5.97. The second-order valence-electron chi connectivity index (χ2n) is 2.80. The van der Waals surface area contributed by atoms with E-state index in [-0.39, 0.29) is 18.2 Å². The SMILES string of the molecule is Cl.N=C(N)c1ccccc1.c1ccncc1. The molecule has 0 fully saturated rings. The van der Waals surface area contributed by atoms with Crippen molar-refractivity contribution in [2.75, 3.05) is 0 Å². The van der Waals surface area contributed by atoms with Crippen molar-refractivity contribution >= 4 is 18.2 Å². The summed E-state index contributed by atoms with van der Waals surface area (Å²) in [4.78, 5) is 3.78. The van der Waals surface area contributed by atoms with Crippen LogP contribution in [0.1, 0.15) is 5.56 Å². The van der Waals surface area contributed by atoms with Gasteiger partial charge in [-0.3, -0.25) is 10.4 Å². The van der Waals surface area contributed by atoms with Crippen LogP contribution in [0.15, 0.2) is 60.9 Å². The van der Waals surface area contributed by atoms with Gasteiger partial charge < -0.3 is 5.73 Å². The molecule has 0 aliphatic rings. The average Bonchev–Trinajstić information content (AvgIpc) is 2.33. The monoisotopic (exact) mass is 235 g/mol. The molecule has 0 radical (unpaired) electrons. The lowest BCUT2D eigenvalue weighted by molar-refractivity contribution is 1.33. The van der Waals surface area contributed by atoms with Crippen LogP contribution < -0.4 is 5.73 Å². The second-order valence-corrected chi connectivity index (χ2v) is 2.80. The first-order valence-corrected chi connectivity index (χ1v) is 4.55. The molecule has 4 heteroatoms. The molecule has 0 aliphatic carbocycles. The van der Waals surface area contributed by atoms with Crippen LogP contribution in [0.5, 0.6) is 0 Å².